The molecule has 1 fully saturated rings. The largest absolute Gasteiger partial charge is 0.507 e. The van der Waals surface area contributed by atoms with E-state index < -0.39 is 17.7 Å². The Kier molecular flexibility index (Phi) is 11.9. The monoisotopic (exact) mass is 552 g/mol. The van der Waals surface area contributed by atoms with Gasteiger partial charge in [-0.15, -0.1) is 0 Å². The number of ether oxygens (including phenoxy) is 3. The van der Waals surface area contributed by atoms with Crippen molar-refractivity contribution in [1.29, 1.82) is 0 Å². The van der Waals surface area contributed by atoms with E-state index in [9.17, 15) is 14.7 Å². The summed E-state index contributed by atoms with van der Waals surface area (Å²) in [5, 5.41) is 11.4. The average molecular weight is 553 g/mol. The van der Waals surface area contributed by atoms with Gasteiger partial charge in [-0.3, -0.25) is 9.59 Å². The van der Waals surface area contributed by atoms with Crippen LogP contribution in [0.1, 0.15) is 70.5 Å². The van der Waals surface area contributed by atoms with E-state index in [0.717, 1.165) is 38.8 Å². The molecule has 1 heterocycles. The number of nitrogens with zero attached hydrogens (tertiary/aromatic N) is 2. The summed E-state index contributed by atoms with van der Waals surface area (Å²) in [6, 6.07) is 11.6. The Labute approximate surface area is 238 Å². The number of ketones is 1. The van der Waals surface area contributed by atoms with Crippen molar-refractivity contribution in [3.05, 3.63) is 59.2 Å². The lowest BCUT2D eigenvalue weighted by molar-refractivity contribution is -0.140. The number of aliphatic hydroxyl groups excluding tert-OH is 1. The molecule has 2 aromatic carbocycles. The second-order valence-electron chi connectivity index (χ2n) is 9.86. The summed E-state index contributed by atoms with van der Waals surface area (Å²) >= 11 is 0. The van der Waals surface area contributed by atoms with Gasteiger partial charge < -0.3 is 29.1 Å². The maximum atomic E-state index is 13.4. The number of hydrogen-bond acceptors (Lipinski definition) is 7. The highest BCUT2D eigenvalue weighted by Crippen LogP contribution is 2.42. The van der Waals surface area contributed by atoms with E-state index in [-0.39, 0.29) is 11.3 Å². The molecular formula is C32H44N2O6. The van der Waals surface area contributed by atoms with E-state index in [1.807, 2.05) is 19.1 Å². The number of methoxy groups -OCH3 is 1. The van der Waals surface area contributed by atoms with Crippen LogP contribution in [-0.2, 0) is 9.59 Å². The van der Waals surface area contributed by atoms with Crippen molar-refractivity contribution in [2.75, 3.05) is 46.5 Å². The molecule has 0 aliphatic carbocycles. The first-order chi connectivity index (χ1) is 19.4. The zero-order valence-electron chi connectivity index (χ0n) is 24.6. The zero-order chi connectivity index (χ0) is 29.1. The lowest BCUT2D eigenvalue weighted by Crippen LogP contribution is -2.38. The highest BCUT2D eigenvalue weighted by molar-refractivity contribution is 6.46. The molecule has 1 N–H and O–H groups in total. The maximum absolute atomic E-state index is 13.4. The van der Waals surface area contributed by atoms with Gasteiger partial charge in [0.25, 0.3) is 11.7 Å². The Balaban J connectivity index is 2.04. The lowest BCUT2D eigenvalue weighted by Gasteiger charge is -2.28. The molecule has 8 heteroatoms. The van der Waals surface area contributed by atoms with Crippen LogP contribution in [0, 0.1) is 0 Å². The van der Waals surface area contributed by atoms with Crippen molar-refractivity contribution >= 4 is 17.4 Å². The summed E-state index contributed by atoms with van der Waals surface area (Å²) in [5.74, 6) is 0.252. The van der Waals surface area contributed by atoms with Crippen LogP contribution in [0.2, 0.25) is 0 Å². The number of rotatable bonds is 16. The zero-order valence-corrected chi connectivity index (χ0v) is 24.6. The molecular weight excluding hydrogens is 508 g/mol. The van der Waals surface area contributed by atoms with Gasteiger partial charge in [-0.2, -0.15) is 0 Å². The third-order valence-corrected chi connectivity index (χ3v) is 7.20. The molecule has 0 saturated carbocycles. The summed E-state index contributed by atoms with van der Waals surface area (Å²) in [7, 11) is 1.57. The van der Waals surface area contributed by atoms with Crippen molar-refractivity contribution in [3.63, 3.8) is 0 Å². The molecule has 8 nitrogen and oxygen atoms in total. The molecule has 0 bridgehead atoms. The summed E-state index contributed by atoms with van der Waals surface area (Å²) in [4.78, 5) is 30.5. The Morgan fingerprint density at radius 2 is 1.62 bits per heavy atom. The van der Waals surface area contributed by atoms with Gasteiger partial charge in [-0.05, 0) is 67.9 Å². The number of carbonyl (C=O) groups excluding carboxylic acids is 2. The first kappa shape index (κ1) is 31.0. The molecule has 1 amide bonds. The van der Waals surface area contributed by atoms with Crippen LogP contribution in [0.5, 0.6) is 17.2 Å². The number of carbonyl (C=O) groups is 2. The number of benzene rings is 2. The Bertz CT molecular complexity index is 1160. The summed E-state index contributed by atoms with van der Waals surface area (Å²) in [6.07, 6.45) is 3.99. The van der Waals surface area contributed by atoms with Crippen molar-refractivity contribution in [2.24, 2.45) is 0 Å². The van der Waals surface area contributed by atoms with Crippen LogP contribution in [0.4, 0.5) is 0 Å². The maximum Gasteiger partial charge on any atom is 0.295 e. The summed E-state index contributed by atoms with van der Waals surface area (Å²) < 4.78 is 17.2. The minimum atomic E-state index is -0.769. The number of Topliss-reactive ketones (excluding diaryl/α,β-unsaturated/α-hetero) is 1. The molecule has 1 saturated heterocycles. The summed E-state index contributed by atoms with van der Waals surface area (Å²) in [5.41, 5.74) is 1.17. The molecule has 2 aromatic rings. The highest BCUT2D eigenvalue weighted by atomic mass is 16.5. The molecule has 1 aliphatic heterocycles. The predicted molar refractivity (Wildman–Crippen MR) is 157 cm³/mol. The van der Waals surface area contributed by atoms with Crippen LogP contribution >= 0.6 is 0 Å². The first-order valence-electron chi connectivity index (χ1n) is 14.4. The number of hydrogen-bond donors (Lipinski definition) is 1. The third-order valence-electron chi connectivity index (χ3n) is 7.20. The molecule has 1 atom stereocenters. The second-order valence-corrected chi connectivity index (χ2v) is 9.86. The molecule has 1 aliphatic rings. The number of likely N-dealkylation sites (N-methyl/N-ethyl adjacent to an activating group) is 1. The van der Waals surface area contributed by atoms with E-state index >= 15 is 0 Å². The Hall–Kier alpha value is -3.52. The van der Waals surface area contributed by atoms with Crippen LogP contribution in [-0.4, -0.2) is 73.1 Å². The number of likely N-dealkylation sites (tertiary alicyclic amines) is 1. The predicted octanol–water partition coefficient (Wildman–Crippen LogP) is 5.82. The molecule has 40 heavy (non-hydrogen) atoms. The summed E-state index contributed by atoms with van der Waals surface area (Å²) in [6.45, 7) is 12.1. The van der Waals surface area contributed by atoms with Crippen molar-refractivity contribution in [1.82, 2.24) is 9.80 Å². The van der Waals surface area contributed by atoms with Crippen molar-refractivity contribution in [3.8, 4) is 17.2 Å². The van der Waals surface area contributed by atoms with Crippen molar-refractivity contribution < 1.29 is 28.9 Å². The fourth-order valence-corrected chi connectivity index (χ4v) is 4.84. The molecule has 1 unspecified atom stereocenters. The number of amides is 1. The van der Waals surface area contributed by atoms with Gasteiger partial charge in [0.15, 0.2) is 11.5 Å². The Morgan fingerprint density at radius 3 is 2.25 bits per heavy atom. The van der Waals surface area contributed by atoms with Gasteiger partial charge in [0.1, 0.15) is 11.5 Å². The number of unbranched alkanes of at least 4 members (excludes halogenated alkanes) is 2. The van der Waals surface area contributed by atoms with Gasteiger partial charge in [0.05, 0.1) is 31.9 Å². The highest BCUT2D eigenvalue weighted by Gasteiger charge is 2.46. The van der Waals surface area contributed by atoms with E-state index in [2.05, 4.69) is 25.7 Å². The van der Waals surface area contributed by atoms with Gasteiger partial charge in [-0.25, -0.2) is 0 Å². The van der Waals surface area contributed by atoms with Crippen LogP contribution in [0.25, 0.3) is 5.76 Å². The van der Waals surface area contributed by atoms with E-state index in [1.54, 1.807) is 42.3 Å². The van der Waals surface area contributed by atoms with Gasteiger partial charge in [0, 0.05) is 18.7 Å². The molecule has 0 aromatic heterocycles. The molecule has 218 valence electrons. The Morgan fingerprint density at radius 1 is 0.900 bits per heavy atom. The molecule has 3 rings (SSSR count). The van der Waals surface area contributed by atoms with E-state index in [1.165, 1.54) is 0 Å². The van der Waals surface area contributed by atoms with E-state index in [0.29, 0.717) is 54.7 Å². The van der Waals surface area contributed by atoms with Gasteiger partial charge in [0.2, 0.25) is 0 Å². The van der Waals surface area contributed by atoms with Gasteiger partial charge >= 0.3 is 0 Å². The fraction of sp³-hybridized carbons (Fsp3) is 0.500. The minimum absolute atomic E-state index is 0.0606. The average Bonchev–Trinajstić information content (AvgIpc) is 3.23. The smallest absolute Gasteiger partial charge is 0.295 e. The lowest BCUT2D eigenvalue weighted by atomic mass is 9.95. The SMILES string of the molecule is CCCCCOc1ccc(C2C(=C(O)c3ccc(OCCC)cc3)C(=O)C(=O)N2CCN(CC)CC)cc1OC. The minimum Gasteiger partial charge on any atom is -0.507 e. The molecule has 0 radical (unpaired) electrons. The van der Waals surface area contributed by atoms with Crippen LogP contribution < -0.4 is 14.2 Å². The quantitative estimate of drug-likeness (QED) is 0.122. The first-order valence-corrected chi connectivity index (χ1v) is 14.4. The van der Waals surface area contributed by atoms with Gasteiger partial charge in [-0.1, -0.05) is 46.6 Å². The second kappa shape index (κ2) is 15.3. The topological polar surface area (TPSA) is 88.5 Å². The fourth-order valence-electron chi connectivity index (χ4n) is 4.84. The molecule has 0 spiro atoms. The van der Waals surface area contributed by atoms with Crippen LogP contribution in [0.3, 0.4) is 0 Å². The standard InChI is InChI=1S/C32H44N2O6/c1-6-10-11-21-40-26-17-14-24(22-27(26)38-5)29-28(30(35)23-12-15-25(16-13-23)39-20-7-2)31(36)32(37)34(29)19-18-33(8-3)9-4/h12-17,22,29,35H,6-11,18-21H2,1-5H3. The van der Waals surface area contributed by atoms with Crippen molar-refractivity contribution in [2.45, 2.75) is 59.4 Å². The number of aliphatic hydroxyl groups is 1. The van der Waals surface area contributed by atoms with Crippen LogP contribution in [0.15, 0.2) is 48.0 Å². The third kappa shape index (κ3) is 7.36. The van der Waals surface area contributed by atoms with E-state index in [4.69, 9.17) is 14.2 Å². The normalized spacial score (nSPS) is 16.6.